The Morgan fingerprint density at radius 2 is 2.12 bits per heavy atom. The van der Waals surface area contributed by atoms with Gasteiger partial charge in [-0.05, 0) is 25.3 Å². The molecule has 1 heterocycles. The molecule has 1 aromatic rings. The number of nitrogens with two attached hydrogens (primary N) is 1. The van der Waals surface area contributed by atoms with Gasteiger partial charge in [0.2, 0.25) is 5.91 Å². The lowest BCUT2D eigenvalue weighted by molar-refractivity contribution is -0.122. The van der Waals surface area contributed by atoms with Crippen molar-refractivity contribution in [1.29, 1.82) is 0 Å². The Bertz CT molecular complexity index is 385. The summed E-state index contributed by atoms with van der Waals surface area (Å²) in [5, 5.41) is 4.65. The van der Waals surface area contributed by atoms with Crippen LogP contribution >= 0.6 is 11.3 Å². The van der Waals surface area contributed by atoms with Crippen LogP contribution < -0.4 is 11.1 Å². The molecule has 0 unspecified atom stereocenters. The number of amides is 1. The van der Waals surface area contributed by atoms with Crippen molar-refractivity contribution in [3.63, 3.8) is 0 Å². The number of hydrogen-bond acceptors (Lipinski definition) is 4. The summed E-state index contributed by atoms with van der Waals surface area (Å²) in [7, 11) is 0. The topological polar surface area (TPSA) is 72.2 Å². The Morgan fingerprint density at radius 1 is 1.41 bits per heavy atom. The van der Waals surface area contributed by atoms with E-state index in [9.17, 15) is 9.59 Å². The minimum absolute atomic E-state index is 0.0145. The molecular weight excluding hydrogens is 236 g/mol. The first kappa shape index (κ1) is 13.9. The second-order valence-corrected chi connectivity index (χ2v) is 5.48. The SMILES string of the molecule is CC(C)(CN)NC(=O)CCC(=O)c1cccs1. The van der Waals surface area contributed by atoms with Crippen molar-refractivity contribution < 1.29 is 9.59 Å². The predicted octanol–water partition coefficient (Wildman–Crippen LogP) is 1.56. The van der Waals surface area contributed by atoms with Crippen molar-refractivity contribution in [2.24, 2.45) is 5.73 Å². The molecule has 1 aromatic heterocycles. The Kier molecular flexibility index (Phi) is 4.84. The van der Waals surface area contributed by atoms with Gasteiger partial charge in [-0.2, -0.15) is 0 Å². The van der Waals surface area contributed by atoms with E-state index in [4.69, 9.17) is 5.73 Å². The predicted molar refractivity (Wildman–Crippen MR) is 69.2 cm³/mol. The fraction of sp³-hybridized carbons (Fsp3) is 0.500. The van der Waals surface area contributed by atoms with E-state index >= 15 is 0 Å². The Morgan fingerprint density at radius 3 is 2.65 bits per heavy atom. The first-order chi connectivity index (χ1) is 7.94. The number of hydrogen-bond donors (Lipinski definition) is 2. The van der Waals surface area contributed by atoms with Gasteiger partial charge in [-0.1, -0.05) is 6.07 Å². The van der Waals surface area contributed by atoms with Gasteiger partial charge < -0.3 is 11.1 Å². The van der Waals surface area contributed by atoms with Crippen molar-refractivity contribution in [2.75, 3.05) is 6.54 Å². The van der Waals surface area contributed by atoms with Gasteiger partial charge in [0.1, 0.15) is 0 Å². The van der Waals surface area contributed by atoms with Crippen molar-refractivity contribution in [3.05, 3.63) is 22.4 Å². The molecule has 1 rings (SSSR count). The van der Waals surface area contributed by atoms with E-state index in [-0.39, 0.29) is 24.5 Å². The molecule has 0 saturated heterocycles. The summed E-state index contributed by atoms with van der Waals surface area (Å²) in [6.45, 7) is 4.08. The fourth-order valence-electron chi connectivity index (χ4n) is 1.28. The van der Waals surface area contributed by atoms with Crippen LogP contribution in [0.5, 0.6) is 0 Å². The maximum Gasteiger partial charge on any atom is 0.220 e. The first-order valence-corrected chi connectivity index (χ1v) is 6.40. The highest BCUT2D eigenvalue weighted by Gasteiger charge is 2.18. The maximum atomic E-state index is 11.7. The highest BCUT2D eigenvalue weighted by atomic mass is 32.1. The summed E-state index contributed by atoms with van der Waals surface area (Å²) in [4.78, 5) is 23.9. The Hall–Kier alpha value is -1.20. The van der Waals surface area contributed by atoms with Crippen LogP contribution in [0.25, 0.3) is 0 Å². The smallest absolute Gasteiger partial charge is 0.220 e. The molecule has 0 bridgehead atoms. The van der Waals surface area contributed by atoms with Crippen molar-refractivity contribution in [1.82, 2.24) is 5.32 Å². The third-order valence-electron chi connectivity index (χ3n) is 2.36. The van der Waals surface area contributed by atoms with Crippen LogP contribution in [0.4, 0.5) is 0 Å². The molecule has 0 atom stereocenters. The molecule has 0 saturated carbocycles. The molecule has 0 spiro atoms. The highest BCUT2D eigenvalue weighted by molar-refractivity contribution is 7.12. The quantitative estimate of drug-likeness (QED) is 0.757. The van der Waals surface area contributed by atoms with Crippen molar-refractivity contribution in [2.45, 2.75) is 32.2 Å². The molecule has 5 heteroatoms. The second kappa shape index (κ2) is 5.93. The molecule has 0 radical (unpaired) electrons. The molecule has 94 valence electrons. The van der Waals surface area contributed by atoms with Crippen LogP contribution in [-0.2, 0) is 4.79 Å². The van der Waals surface area contributed by atoms with Gasteiger partial charge in [0.05, 0.1) is 4.88 Å². The van der Waals surface area contributed by atoms with Gasteiger partial charge in [-0.25, -0.2) is 0 Å². The van der Waals surface area contributed by atoms with Crippen LogP contribution in [0.3, 0.4) is 0 Å². The van der Waals surface area contributed by atoms with Crippen LogP contribution in [0.15, 0.2) is 17.5 Å². The van der Waals surface area contributed by atoms with Crippen molar-refractivity contribution in [3.8, 4) is 0 Å². The number of ketones is 1. The molecule has 4 nitrogen and oxygen atoms in total. The molecule has 0 aliphatic rings. The first-order valence-electron chi connectivity index (χ1n) is 5.52. The van der Waals surface area contributed by atoms with Crippen LogP contribution in [-0.4, -0.2) is 23.8 Å². The van der Waals surface area contributed by atoms with E-state index < -0.39 is 5.54 Å². The molecule has 0 aliphatic heterocycles. The Labute approximate surface area is 105 Å². The Balaban J connectivity index is 2.36. The lowest BCUT2D eigenvalue weighted by Gasteiger charge is -2.24. The second-order valence-electron chi connectivity index (χ2n) is 4.54. The van der Waals surface area contributed by atoms with E-state index in [1.165, 1.54) is 11.3 Å². The molecule has 0 fully saturated rings. The van der Waals surface area contributed by atoms with E-state index in [0.717, 1.165) is 0 Å². The zero-order chi connectivity index (χ0) is 12.9. The van der Waals surface area contributed by atoms with Gasteiger partial charge in [0, 0.05) is 24.9 Å². The molecule has 0 aromatic carbocycles. The number of nitrogens with one attached hydrogen (secondary N) is 1. The van der Waals surface area contributed by atoms with Crippen LogP contribution in [0, 0.1) is 0 Å². The van der Waals surface area contributed by atoms with Gasteiger partial charge in [0.25, 0.3) is 0 Å². The normalized spacial score (nSPS) is 11.2. The van der Waals surface area contributed by atoms with E-state index in [2.05, 4.69) is 5.32 Å². The number of rotatable bonds is 6. The number of Topliss-reactive ketones (excluding diaryl/α,β-unsaturated/α-hetero) is 1. The monoisotopic (exact) mass is 254 g/mol. The summed E-state index contributed by atoms with van der Waals surface area (Å²) >= 11 is 1.40. The number of carbonyl (C=O) groups excluding carboxylic acids is 2. The van der Waals surface area contributed by atoms with E-state index in [0.29, 0.717) is 11.4 Å². The fourth-order valence-corrected chi connectivity index (χ4v) is 1.97. The lowest BCUT2D eigenvalue weighted by Crippen LogP contribution is -2.48. The lowest BCUT2D eigenvalue weighted by atomic mass is 10.1. The third kappa shape index (κ3) is 4.66. The van der Waals surface area contributed by atoms with Crippen molar-refractivity contribution >= 4 is 23.0 Å². The molecule has 0 aliphatic carbocycles. The molecule has 3 N–H and O–H groups in total. The van der Waals surface area contributed by atoms with E-state index in [1.807, 2.05) is 25.3 Å². The third-order valence-corrected chi connectivity index (χ3v) is 3.27. The molecular formula is C12H18N2O2S. The average Bonchev–Trinajstić information content (AvgIpc) is 2.78. The average molecular weight is 254 g/mol. The summed E-state index contributed by atoms with van der Waals surface area (Å²) < 4.78 is 0. The number of thiophene rings is 1. The molecule has 1 amide bonds. The summed E-state index contributed by atoms with van der Waals surface area (Å²) in [6.07, 6.45) is 0.452. The summed E-state index contributed by atoms with van der Waals surface area (Å²) in [5.74, 6) is -0.119. The van der Waals surface area contributed by atoms with E-state index in [1.54, 1.807) is 6.07 Å². The van der Waals surface area contributed by atoms with Crippen LogP contribution in [0.2, 0.25) is 0 Å². The highest BCUT2D eigenvalue weighted by Crippen LogP contribution is 2.12. The number of carbonyl (C=O) groups is 2. The molecule has 17 heavy (non-hydrogen) atoms. The largest absolute Gasteiger partial charge is 0.350 e. The van der Waals surface area contributed by atoms with Gasteiger partial charge in [-0.15, -0.1) is 11.3 Å². The van der Waals surface area contributed by atoms with Crippen LogP contribution in [0.1, 0.15) is 36.4 Å². The minimum atomic E-state index is -0.414. The van der Waals surface area contributed by atoms with Gasteiger partial charge in [-0.3, -0.25) is 9.59 Å². The zero-order valence-electron chi connectivity index (χ0n) is 10.2. The summed E-state index contributed by atoms with van der Waals surface area (Å²) in [6, 6.07) is 3.60. The summed E-state index contributed by atoms with van der Waals surface area (Å²) in [5.41, 5.74) is 5.09. The van der Waals surface area contributed by atoms with Gasteiger partial charge in [0.15, 0.2) is 5.78 Å². The minimum Gasteiger partial charge on any atom is -0.350 e. The standard InChI is InChI=1S/C12H18N2O2S/c1-12(2,8-13)14-11(16)6-5-9(15)10-4-3-7-17-10/h3-4,7H,5-6,8,13H2,1-2H3,(H,14,16). The van der Waals surface area contributed by atoms with Gasteiger partial charge >= 0.3 is 0 Å². The maximum absolute atomic E-state index is 11.7. The zero-order valence-corrected chi connectivity index (χ0v) is 11.0.